The lowest BCUT2D eigenvalue weighted by atomic mass is 10.3. The molecule has 16 heavy (non-hydrogen) atoms. The van der Waals surface area contributed by atoms with E-state index in [1.165, 1.54) is 18.5 Å². The molecule has 6 nitrogen and oxygen atoms in total. The Labute approximate surface area is 90.4 Å². The van der Waals surface area contributed by atoms with E-state index >= 15 is 0 Å². The molecule has 0 bridgehead atoms. The molecule has 2 aromatic rings. The van der Waals surface area contributed by atoms with Crippen molar-refractivity contribution >= 4 is 5.97 Å². The number of hydrogen-bond donors (Lipinski definition) is 1. The van der Waals surface area contributed by atoms with Crippen LogP contribution >= 0.6 is 0 Å². The SMILES string of the molecule is N#Cc1nccn1Cc1cc(C(=O)O)co1. The van der Waals surface area contributed by atoms with Crippen LogP contribution in [0.1, 0.15) is 21.9 Å². The van der Waals surface area contributed by atoms with Crippen molar-refractivity contribution in [2.75, 3.05) is 0 Å². The number of aromatic nitrogens is 2. The summed E-state index contributed by atoms with van der Waals surface area (Å²) in [6.07, 6.45) is 4.29. The van der Waals surface area contributed by atoms with Crippen LogP contribution in [-0.2, 0) is 6.54 Å². The Morgan fingerprint density at radius 1 is 1.69 bits per heavy atom. The molecule has 6 heteroatoms. The summed E-state index contributed by atoms with van der Waals surface area (Å²) in [5.74, 6) is -0.318. The van der Waals surface area contributed by atoms with E-state index in [1.54, 1.807) is 10.8 Å². The molecule has 0 saturated heterocycles. The summed E-state index contributed by atoms with van der Waals surface area (Å²) in [7, 11) is 0. The number of imidazole rings is 1. The zero-order valence-corrected chi connectivity index (χ0v) is 8.12. The van der Waals surface area contributed by atoms with Gasteiger partial charge in [0.15, 0.2) is 0 Å². The van der Waals surface area contributed by atoms with Gasteiger partial charge in [0.1, 0.15) is 18.1 Å². The predicted molar refractivity (Wildman–Crippen MR) is 51.7 cm³/mol. The molecule has 0 aliphatic carbocycles. The maximum Gasteiger partial charge on any atom is 0.338 e. The van der Waals surface area contributed by atoms with E-state index in [-0.39, 0.29) is 17.9 Å². The molecular formula is C10H7N3O3. The van der Waals surface area contributed by atoms with E-state index in [4.69, 9.17) is 14.8 Å². The molecule has 2 aromatic heterocycles. The Hall–Kier alpha value is -2.55. The number of carboxylic acid groups (broad SMARTS) is 1. The highest BCUT2D eigenvalue weighted by atomic mass is 16.4. The Bertz CT molecular complexity index is 562. The first-order valence-corrected chi connectivity index (χ1v) is 4.42. The average Bonchev–Trinajstić information content (AvgIpc) is 2.87. The standard InChI is InChI=1S/C10H7N3O3/c11-4-9-12-1-2-13(9)5-8-3-7(6-16-8)10(14)15/h1-3,6H,5H2,(H,14,15). The second-order valence-electron chi connectivity index (χ2n) is 3.10. The molecular weight excluding hydrogens is 210 g/mol. The Morgan fingerprint density at radius 3 is 3.12 bits per heavy atom. The predicted octanol–water partition coefficient (Wildman–Crippen LogP) is 1.09. The van der Waals surface area contributed by atoms with Crippen LogP contribution in [0.15, 0.2) is 29.1 Å². The lowest BCUT2D eigenvalue weighted by Crippen LogP contribution is -2.00. The van der Waals surface area contributed by atoms with Crippen molar-refractivity contribution in [2.24, 2.45) is 0 Å². The average molecular weight is 217 g/mol. The smallest absolute Gasteiger partial charge is 0.338 e. The van der Waals surface area contributed by atoms with E-state index in [9.17, 15) is 4.79 Å². The molecule has 1 N–H and O–H groups in total. The number of carboxylic acids is 1. The van der Waals surface area contributed by atoms with Crippen molar-refractivity contribution in [3.63, 3.8) is 0 Å². The fourth-order valence-corrected chi connectivity index (χ4v) is 1.29. The van der Waals surface area contributed by atoms with Gasteiger partial charge in [-0.25, -0.2) is 9.78 Å². The largest absolute Gasteiger partial charge is 0.478 e. The zero-order valence-electron chi connectivity index (χ0n) is 8.12. The third-order valence-corrected chi connectivity index (χ3v) is 2.04. The minimum atomic E-state index is -1.04. The molecule has 0 unspecified atom stereocenters. The lowest BCUT2D eigenvalue weighted by Gasteiger charge is -1.98. The maximum absolute atomic E-state index is 10.6. The van der Waals surface area contributed by atoms with Crippen LogP contribution in [0.2, 0.25) is 0 Å². The van der Waals surface area contributed by atoms with Crippen LogP contribution in [0.25, 0.3) is 0 Å². The molecule has 0 atom stereocenters. The highest BCUT2D eigenvalue weighted by Crippen LogP contribution is 2.10. The quantitative estimate of drug-likeness (QED) is 0.830. The molecule has 2 heterocycles. The number of hydrogen-bond acceptors (Lipinski definition) is 4. The zero-order chi connectivity index (χ0) is 11.5. The fraction of sp³-hybridized carbons (Fsp3) is 0.100. The van der Waals surface area contributed by atoms with Crippen molar-refractivity contribution in [1.29, 1.82) is 5.26 Å². The molecule has 0 saturated carbocycles. The molecule has 0 aliphatic heterocycles. The number of rotatable bonds is 3. The maximum atomic E-state index is 10.6. The Balaban J connectivity index is 2.21. The van der Waals surface area contributed by atoms with E-state index in [0.717, 1.165) is 0 Å². The summed E-state index contributed by atoms with van der Waals surface area (Å²) < 4.78 is 6.63. The van der Waals surface area contributed by atoms with E-state index < -0.39 is 5.97 Å². The highest BCUT2D eigenvalue weighted by molar-refractivity contribution is 5.87. The highest BCUT2D eigenvalue weighted by Gasteiger charge is 2.09. The minimum Gasteiger partial charge on any atom is -0.478 e. The number of nitriles is 1. The molecule has 2 rings (SSSR count). The van der Waals surface area contributed by atoms with Crippen molar-refractivity contribution in [1.82, 2.24) is 9.55 Å². The molecule has 0 aromatic carbocycles. The molecule has 80 valence electrons. The van der Waals surface area contributed by atoms with E-state index in [2.05, 4.69) is 4.98 Å². The number of furan rings is 1. The third kappa shape index (κ3) is 1.79. The molecule has 0 aliphatic rings. The van der Waals surface area contributed by atoms with Gasteiger partial charge in [0.2, 0.25) is 5.82 Å². The van der Waals surface area contributed by atoms with Crippen LogP contribution < -0.4 is 0 Å². The van der Waals surface area contributed by atoms with Crippen LogP contribution in [0.3, 0.4) is 0 Å². The second-order valence-corrected chi connectivity index (χ2v) is 3.10. The second kappa shape index (κ2) is 3.90. The van der Waals surface area contributed by atoms with Gasteiger partial charge < -0.3 is 14.1 Å². The van der Waals surface area contributed by atoms with Gasteiger partial charge >= 0.3 is 5.97 Å². The van der Waals surface area contributed by atoms with Gasteiger partial charge in [0.05, 0.1) is 12.1 Å². The van der Waals surface area contributed by atoms with E-state index in [1.807, 2.05) is 6.07 Å². The van der Waals surface area contributed by atoms with Crippen LogP contribution in [0, 0.1) is 11.3 Å². The molecule has 0 radical (unpaired) electrons. The summed E-state index contributed by atoms with van der Waals surface area (Å²) in [6.45, 7) is 0.288. The summed E-state index contributed by atoms with van der Waals surface area (Å²) in [5.41, 5.74) is 0.0913. The van der Waals surface area contributed by atoms with Gasteiger partial charge in [-0.3, -0.25) is 0 Å². The molecule has 0 amide bonds. The first-order valence-electron chi connectivity index (χ1n) is 4.42. The first-order chi connectivity index (χ1) is 7.70. The molecule has 0 spiro atoms. The van der Waals surface area contributed by atoms with Crippen LogP contribution in [0.4, 0.5) is 0 Å². The minimum absolute atomic E-state index is 0.0913. The van der Waals surface area contributed by atoms with Gasteiger partial charge in [0.25, 0.3) is 0 Å². The van der Waals surface area contributed by atoms with Gasteiger partial charge in [-0.05, 0) is 6.07 Å². The van der Waals surface area contributed by atoms with Crippen LogP contribution in [-0.4, -0.2) is 20.6 Å². The van der Waals surface area contributed by atoms with Crippen molar-refractivity contribution in [3.05, 3.63) is 41.9 Å². The van der Waals surface area contributed by atoms with Gasteiger partial charge in [0, 0.05) is 12.4 Å². The lowest BCUT2D eigenvalue weighted by molar-refractivity contribution is 0.0696. The van der Waals surface area contributed by atoms with Crippen molar-refractivity contribution in [3.8, 4) is 6.07 Å². The third-order valence-electron chi connectivity index (χ3n) is 2.04. The number of carbonyl (C=O) groups is 1. The fourth-order valence-electron chi connectivity index (χ4n) is 1.29. The van der Waals surface area contributed by atoms with E-state index in [0.29, 0.717) is 5.76 Å². The normalized spacial score (nSPS) is 9.94. The van der Waals surface area contributed by atoms with Crippen LogP contribution in [0.5, 0.6) is 0 Å². The number of nitrogens with zero attached hydrogens (tertiary/aromatic N) is 3. The van der Waals surface area contributed by atoms with Gasteiger partial charge in [-0.1, -0.05) is 0 Å². The molecule has 0 fully saturated rings. The summed E-state index contributed by atoms with van der Waals surface area (Å²) in [4.78, 5) is 14.4. The summed E-state index contributed by atoms with van der Waals surface area (Å²) in [5, 5.41) is 17.4. The van der Waals surface area contributed by atoms with Gasteiger partial charge in [-0.15, -0.1) is 0 Å². The van der Waals surface area contributed by atoms with Crippen molar-refractivity contribution < 1.29 is 14.3 Å². The Kier molecular flexibility index (Phi) is 2.44. The van der Waals surface area contributed by atoms with Crippen molar-refractivity contribution in [2.45, 2.75) is 6.54 Å². The number of aromatic carboxylic acids is 1. The monoisotopic (exact) mass is 217 g/mol. The summed E-state index contributed by atoms with van der Waals surface area (Å²) >= 11 is 0. The summed E-state index contributed by atoms with van der Waals surface area (Å²) in [6, 6.07) is 3.34. The van der Waals surface area contributed by atoms with Gasteiger partial charge in [-0.2, -0.15) is 5.26 Å². The first kappa shape index (κ1) is 9.98. The Morgan fingerprint density at radius 2 is 2.50 bits per heavy atom. The topological polar surface area (TPSA) is 92.0 Å².